The van der Waals surface area contributed by atoms with Gasteiger partial charge >= 0.3 is 0 Å². The average Bonchev–Trinajstić information content (AvgIpc) is 2.66. The van der Waals surface area contributed by atoms with Crippen molar-refractivity contribution < 1.29 is 17.9 Å². The SMILES string of the molecule is CCC(NC(=O)C1CCCN(S(=O)(=O)N(C)C)C1)c1ccc(OC)cc1. The predicted octanol–water partition coefficient (Wildman–Crippen LogP) is 1.78. The number of carbonyl (C=O) groups excluding carboxylic acids is 1. The van der Waals surface area contributed by atoms with Gasteiger partial charge in [-0.05, 0) is 37.0 Å². The summed E-state index contributed by atoms with van der Waals surface area (Å²) in [5.41, 5.74) is 1.01. The van der Waals surface area contributed by atoms with Gasteiger partial charge < -0.3 is 10.1 Å². The molecule has 0 aliphatic carbocycles. The molecule has 7 nitrogen and oxygen atoms in total. The van der Waals surface area contributed by atoms with Crippen LogP contribution in [0.3, 0.4) is 0 Å². The van der Waals surface area contributed by atoms with Gasteiger partial charge in [-0.15, -0.1) is 0 Å². The summed E-state index contributed by atoms with van der Waals surface area (Å²) >= 11 is 0. The Morgan fingerprint density at radius 3 is 2.54 bits per heavy atom. The Balaban J connectivity index is 2.04. The molecular weight excluding hydrogens is 354 g/mol. The zero-order valence-corrected chi connectivity index (χ0v) is 16.8. The summed E-state index contributed by atoms with van der Waals surface area (Å²) in [6.45, 7) is 2.70. The predicted molar refractivity (Wildman–Crippen MR) is 101 cm³/mol. The molecule has 146 valence electrons. The summed E-state index contributed by atoms with van der Waals surface area (Å²) in [6, 6.07) is 7.52. The number of amides is 1. The first-order chi connectivity index (χ1) is 12.3. The number of piperidine rings is 1. The molecule has 2 unspecified atom stereocenters. The minimum Gasteiger partial charge on any atom is -0.497 e. The maximum absolute atomic E-state index is 12.7. The zero-order chi connectivity index (χ0) is 19.3. The smallest absolute Gasteiger partial charge is 0.281 e. The van der Waals surface area contributed by atoms with Crippen LogP contribution in [0.4, 0.5) is 0 Å². The summed E-state index contributed by atoms with van der Waals surface area (Å²) in [7, 11) is 1.15. The highest BCUT2D eigenvalue weighted by Crippen LogP contribution is 2.24. The first-order valence-corrected chi connectivity index (χ1v) is 10.3. The second-order valence-corrected chi connectivity index (χ2v) is 8.87. The molecule has 1 N–H and O–H groups in total. The fourth-order valence-electron chi connectivity index (χ4n) is 3.14. The summed E-state index contributed by atoms with van der Waals surface area (Å²) in [5, 5.41) is 3.08. The molecule has 8 heteroatoms. The molecular formula is C18H29N3O4S. The Labute approximate surface area is 156 Å². The molecule has 1 aromatic carbocycles. The summed E-state index contributed by atoms with van der Waals surface area (Å²) in [4.78, 5) is 12.7. The van der Waals surface area contributed by atoms with Gasteiger partial charge in [-0.2, -0.15) is 17.0 Å². The van der Waals surface area contributed by atoms with Crippen LogP contribution < -0.4 is 10.1 Å². The van der Waals surface area contributed by atoms with Crippen LogP contribution in [0, 0.1) is 5.92 Å². The van der Waals surface area contributed by atoms with E-state index in [2.05, 4.69) is 5.32 Å². The van der Waals surface area contributed by atoms with Crippen LogP contribution >= 0.6 is 0 Å². The molecule has 1 heterocycles. The molecule has 0 saturated carbocycles. The van der Waals surface area contributed by atoms with Gasteiger partial charge in [0.25, 0.3) is 10.2 Å². The molecule has 0 aromatic heterocycles. The van der Waals surface area contributed by atoms with Crippen molar-refractivity contribution >= 4 is 16.1 Å². The molecule has 2 atom stereocenters. The average molecular weight is 384 g/mol. The second kappa shape index (κ2) is 8.83. The maximum Gasteiger partial charge on any atom is 0.281 e. The topological polar surface area (TPSA) is 79.0 Å². The highest BCUT2D eigenvalue weighted by Gasteiger charge is 2.34. The van der Waals surface area contributed by atoms with Gasteiger partial charge in [-0.1, -0.05) is 19.1 Å². The fraction of sp³-hybridized carbons (Fsp3) is 0.611. The standard InChI is InChI=1S/C18H29N3O4S/c1-5-17(14-8-10-16(25-4)11-9-14)19-18(22)15-7-6-12-21(13-15)26(23,24)20(2)3/h8-11,15,17H,5-7,12-13H2,1-4H3,(H,19,22). The lowest BCUT2D eigenvalue weighted by Crippen LogP contribution is -2.49. The molecule has 1 aromatic rings. The van der Waals surface area contributed by atoms with E-state index < -0.39 is 10.2 Å². The van der Waals surface area contributed by atoms with Crippen molar-refractivity contribution in [2.45, 2.75) is 32.2 Å². The minimum atomic E-state index is -3.49. The maximum atomic E-state index is 12.7. The van der Waals surface area contributed by atoms with Crippen LogP contribution in [0.1, 0.15) is 37.8 Å². The monoisotopic (exact) mass is 383 g/mol. The van der Waals surface area contributed by atoms with E-state index in [9.17, 15) is 13.2 Å². The Morgan fingerprint density at radius 2 is 2.00 bits per heavy atom. The molecule has 1 fully saturated rings. The van der Waals surface area contributed by atoms with Gasteiger partial charge in [-0.25, -0.2) is 0 Å². The largest absolute Gasteiger partial charge is 0.497 e. The Kier molecular flexibility index (Phi) is 7.02. The third kappa shape index (κ3) is 4.75. The van der Waals surface area contributed by atoms with Gasteiger partial charge in [-0.3, -0.25) is 4.79 Å². The number of ether oxygens (including phenoxy) is 1. The third-order valence-electron chi connectivity index (χ3n) is 4.79. The van der Waals surface area contributed by atoms with Crippen molar-refractivity contribution in [1.29, 1.82) is 0 Å². The van der Waals surface area contributed by atoms with Crippen molar-refractivity contribution in [2.75, 3.05) is 34.3 Å². The summed E-state index contributed by atoms with van der Waals surface area (Å²) in [6.07, 6.45) is 2.14. The molecule has 1 amide bonds. The van der Waals surface area contributed by atoms with Crippen LogP contribution in [0.2, 0.25) is 0 Å². The number of hydrogen-bond donors (Lipinski definition) is 1. The molecule has 2 rings (SSSR count). The van der Waals surface area contributed by atoms with Gasteiger partial charge in [0, 0.05) is 27.2 Å². The van der Waals surface area contributed by atoms with E-state index in [1.54, 1.807) is 7.11 Å². The Hall–Kier alpha value is -1.64. The number of carbonyl (C=O) groups is 1. The normalized spacial score (nSPS) is 20.0. The van der Waals surface area contributed by atoms with Crippen molar-refractivity contribution in [2.24, 2.45) is 5.92 Å². The van der Waals surface area contributed by atoms with E-state index in [1.165, 1.54) is 22.7 Å². The molecule has 0 radical (unpaired) electrons. The Morgan fingerprint density at radius 1 is 1.35 bits per heavy atom. The van der Waals surface area contributed by atoms with Crippen LogP contribution in [0.5, 0.6) is 5.75 Å². The second-order valence-electron chi connectivity index (χ2n) is 6.73. The zero-order valence-electron chi connectivity index (χ0n) is 15.9. The highest BCUT2D eigenvalue weighted by atomic mass is 32.2. The van der Waals surface area contributed by atoms with Gasteiger partial charge in [0.05, 0.1) is 19.1 Å². The molecule has 1 aliphatic rings. The van der Waals surface area contributed by atoms with E-state index in [1.807, 2.05) is 31.2 Å². The quantitative estimate of drug-likeness (QED) is 0.778. The van der Waals surface area contributed by atoms with Crippen LogP contribution in [-0.4, -0.2) is 57.2 Å². The van der Waals surface area contributed by atoms with Crippen molar-refractivity contribution in [1.82, 2.24) is 13.9 Å². The van der Waals surface area contributed by atoms with Crippen molar-refractivity contribution in [3.63, 3.8) is 0 Å². The van der Waals surface area contributed by atoms with Gasteiger partial charge in [0.1, 0.15) is 5.75 Å². The van der Waals surface area contributed by atoms with Crippen molar-refractivity contribution in [3.05, 3.63) is 29.8 Å². The lowest BCUT2D eigenvalue weighted by molar-refractivity contribution is -0.126. The number of hydrogen-bond acceptors (Lipinski definition) is 4. The molecule has 0 spiro atoms. The van der Waals surface area contributed by atoms with Gasteiger partial charge in [0.2, 0.25) is 5.91 Å². The van der Waals surface area contributed by atoms with E-state index in [0.29, 0.717) is 19.4 Å². The highest BCUT2D eigenvalue weighted by molar-refractivity contribution is 7.86. The van der Waals surface area contributed by atoms with Crippen LogP contribution in [0.15, 0.2) is 24.3 Å². The molecule has 26 heavy (non-hydrogen) atoms. The first-order valence-electron chi connectivity index (χ1n) is 8.91. The number of nitrogens with one attached hydrogen (secondary N) is 1. The van der Waals surface area contributed by atoms with E-state index in [4.69, 9.17) is 4.74 Å². The fourth-order valence-corrected chi connectivity index (χ4v) is 4.33. The number of benzene rings is 1. The van der Waals surface area contributed by atoms with E-state index in [0.717, 1.165) is 17.7 Å². The minimum absolute atomic E-state index is 0.0914. The lowest BCUT2D eigenvalue weighted by atomic mass is 9.97. The summed E-state index contributed by atoms with van der Waals surface area (Å²) < 4.78 is 32.4. The van der Waals surface area contributed by atoms with Gasteiger partial charge in [0.15, 0.2) is 0 Å². The molecule has 0 bridgehead atoms. The van der Waals surface area contributed by atoms with E-state index in [-0.39, 0.29) is 24.4 Å². The van der Waals surface area contributed by atoms with Crippen LogP contribution in [-0.2, 0) is 15.0 Å². The molecule has 1 saturated heterocycles. The number of nitrogens with zero attached hydrogens (tertiary/aromatic N) is 2. The third-order valence-corrected chi connectivity index (χ3v) is 6.69. The number of methoxy groups -OCH3 is 1. The Bertz CT molecular complexity index is 704. The lowest BCUT2D eigenvalue weighted by Gasteiger charge is -2.33. The number of rotatable bonds is 7. The summed E-state index contributed by atoms with van der Waals surface area (Å²) in [5.74, 6) is 0.351. The van der Waals surface area contributed by atoms with Crippen molar-refractivity contribution in [3.8, 4) is 5.75 Å². The molecule has 1 aliphatic heterocycles. The van der Waals surface area contributed by atoms with E-state index >= 15 is 0 Å². The first kappa shape index (κ1) is 20.7. The van der Waals surface area contributed by atoms with Crippen LogP contribution in [0.25, 0.3) is 0 Å².